The molecule has 1 unspecified atom stereocenters. The third-order valence-corrected chi connectivity index (χ3v) is 2.89. The second-order valence-electron chi connectivity index (χ2n) is 3.51. The lowest BCUT2D eigenvalue weighted by Gasteiger charge is -2.20. The first kappa shape index (κ1) is 9.77. The van der Waals surface area contributed by atoms with Crippen molar-refractivity contribution in [2.45, 2.75) is 38.1 Å². The molecular weight excluding hydrogens is 202 g/mol. The Morgan fingerprint density at radius 2 is 2.43 bits per heavy atom. The molecule has 2 heterocycles. The Balaban J connectivity index is 2.13. The third kappa shape index (κ3) is 1.71. The van der Waals surface area contributed by atoms with E-state index >= 15 is 0 Å². The molecule has 0 amide bonds. The zero-order valence-electron chi connectivity index (χ0n) is 8.24. The summed E-state index contributed by atoms with van der Waals surface area (Å²) >= 11 is 5.60. The smallest absolute Gasteiger partial charge is 0.318 e. The highest BCUT2D eigenvalue weighted by molar-refractivity contribution is 6.16. The molecule has 1 aliphatic heterocycles. The maximum Gasteiger partial charge on any atom is 0.318 e. The molecule has 1 atom stereocenters. The van der Waals surface area contributed by atoms with Gasteiger partial charge in [0.15, 0.2) is 0 Å². The normalized spacial score (nSPS) is 21.9. The van der Waals surface area contributed by atoms with Gasteiger partial charge in [0.1, 0.15) is 5.88 Å². The fraction of sp³-hybridized carbons (Fsp3) is 0.778. The Kier molecular flexibility index (Phi) is 2.91. The molecule has 2 rings (SSSR count). The van der Waals surface area contributed by atoms with Gasteiger partial charge in [-0.3, -0.25) is 0 Å². The van der Waals surface area contributed by atoms with Crippen molar-refractivity contribution in [2.24, 2.45) is 0 Å². The van der Waals surface area contributed by atoms with Gasteiger partial charge >= 0.3 is 6.01 Å². The van der Waals surface area contributed by atoms with Crippen LogP contribution in [0.5, 0.6) is 0 Å². The Hall–Kier alpha value is -0.770. The summed E-state index contributed by atoms with van der Waals surface area (Å²) < 4.78 is 5.42. The molecule has 0 saturated carbocycles. The molecule has 1 saturated heterocycles. The summed E-state index contributed by atoms with van der Waals surface area (Å²) in [6, 6.07) is 1.18. The van der Waals surface area contributed by atoms with Gasteiger partial charge < -0.3 is 9.32 Å². The summed E-state index contributed by atoms with van der Waals surface area (Å²) in [6.07, 6.45) is 3.55. The van der Waals surface area contributed by atoms with Crippen molar-refractivity contribution in [3.05, 3.63) is 5.89 Å². The van der Waals surface area contributed by atoms with E-state index in [1.54, 1.807) is 0 Å². The van der Waals surface area contributed by atoms with Crippen LogP contribution < -0.4 is 4.90 Å². The highest BCUT2D eigenvalue weighted by atomic mass is 35.5. The first-order valence-electron chi connectivity index (χ1n) is 5.00. The quantitative estimate of drug-likeness (QED) is 0.725. The number of hydrogen-bond acceptors (Lipinski definition) is 4. The van der Waals surface area contributed by atoms with Crippen LogP contribution in [0.15, 0.2) is 4.42 Å². The van der Waals surface area contributed by atoms with E-state index in [1.807, 2.05) is 0 Å². The molecule has 0 aliphatic carbocycles. The predicted molar refractivity (Wildman–Crippen MR) is 54.5 cm³/mol. The van der Waals surface area contributed by atoms with Crippen LogP contribution >= 0.6 is 11.6 Å². The number of aromatic nitrogens is 2. The zero-order valence-corrected chi connectivity index (χ0v) is 9.00. The lowest BCUT2D eigenvalue weighted by molar-refractivity contribution is 0.488. The van der Waals surface area contributed by atoms with E-state index in [1.165, 1.54) is 12.8 Å². The van der Waals surface area contributed by atoms with Crippen molar-refractivity contribution < 1.29 is 4.42 Å². The lowest BCUT2D eigenvalue weighted by Crippen LogP contribution is -2.28. The van der Waals surface area contributed by atoms with Gasteiger partial charge in [-0.15, -0.1) is 16.7 Å². The van der Waals surface area contributed by atoms with Gasteiger partial charge in [-0.05, 0) is 19.3 Å². The van der Waals surface area contributed by atoms with Crippen LogP contribution in [0, 0.1) is 0 Å². The molecule has 1 fully saturated rings. The molecule has 1 aliphatic rings. The van der Waals surface area contributed by atoms with Crippen LogP contribution in [-0.4, -0.2) is 22.8 Å². The summed E-state index contributed by atoms with van der Waals surface area (Å²) in [5, 5.41) is 7.85. The number of alkyl halides is 1. The SMILES string of the molecule is CCC1CCCN1c1nnc(CCl)o1. The van der Waals surface area contributed by atoms with Gasteiger partial charge in [0.2, 0.25) is 5.89 Å². The van der Waals surface area contributed by atoms with Crippen molar-refractivity contribution in [2.75, 3.05) is 11.4 Å². The average Bonchev–Trinajstić information content (AvgIpc) is 2.85. The van der Waals surface area contributed by atoms with Crippen LogP contribution in [0.1, 0.15) is 32.1 Å². The minimum Gasteiger partial charge on any atom is -0.407 e. The van der Waals surface area contributed by atoms with Gasteiger partial charge in [-0.25, -0.2) is 0 Å². The molecule has 5 heteroatoms. The van der Waals surface area contributed by atoms with Crippen molar-refractivity contribution in [3.63, 3.8) is 0 Å². The van der Waals surface area contributed by atoms with Gasteiger partial charge in [0.05, 0.1) is 0 Å². The van der Waals surface area contributed by atoms with Gasteiger partial charge in [0.25, 0.3) is 0 Å². The minimum absolute atomic E-state index is 0.289. The van der Waals surface area contributed by atoms with E-state index < -0.39 is 0 Å². The fourth-order valence-corrected chi connectivity index (χ4v) is 2.03. The minimum atomic E-state index is 0.289. The van der Waals surface area contributed by atoms with Crippen LogP contribution in [0.4, 0.5) is 6.01 Å². The largest absolute Gasteiger partial charge is 0.407 e. The molecule has 0 radical (unpaired) electrons. The van der Waals surface area contributed by atoms with E-state index in [4.69, 9.17) is 16.0 Å². The van der Waals surface area contributed by atoms with E-state index in [0.29, 0.717) is 17.9 Å². The molecule has 0 aromatic carbocycles. The molecule has 14 heavy (non-hydrogen) atoms. The van der Waals surface area contributed by atoms with Gasteiger partial charge in [-0.1, -0.05) is 12.0 Å². The Morgan fingerprint density at radius 3 is 3.07 bits per heavy atom. The van der Waals surface area contributed by atoms with E-state index in [0.717, 1.165) is 13.0 Å². The lowest BCUT2D eigenvalue weighted by atomic mass is 10.2. The summed E-state index contributed by atoms with van der Waals surface area (Å²) in [5.41, 5.74) is 0. The number of hydrogen-bond donors (Lipinski definition) is 0. The predicted octanol–water partition coefficient (Wildman–Crippen LogP) is 2.19. The fourth-order valence-electron chi connectivity index (χ4n) is 1.93. The molecule has 0 N–H and O–H groups in total. The Bertz CT molecular complexity index is 302. The molecule has 0 bridgehead atoms. The molecule has 1 aromatic heterocycles. The molecule has 4 nitrogen and oxygen atoms in total. The van der Waals surface area contributed by atoms with Crippen molar-refractivity contribution in [1.82, 2.24) is 10.2 Å². The average molecular weight is 216 g/mol. The number of anilines is 1. The van der Waals surface area contributed by atoms with Crippen LogP contribution in [-0.2, 0) is 5.88 Å². The Morgan fingerprint density at radius 1 is 1.57 bits per heavy atom. The summed E-state index contributed by atoms with van der Waals surface area (Å²) in [4.78, 5) is 2.18. The van der Waals surface area contributed by atoms with Crippen LogP contribution in [0.3, 0.4) is 0 Å². The van der Waals surface area contributed by atoms with Crippen molar-refractivity contribution in [3.8, 4) is 0 Å². The first-order chi connectivity index (χ1) is 6.85. The number of nitrogens with zero attached hydrogens (tertiary/aromatic N) is 3. The van der Waals surface area contributed by atoms with E-state index in [-0.39, 0.29) is 5.88 Å². The van der Waals surface area contributed by atoms with Crippen molar-refractivity contribution in [1.29, 1.82) is 0 Å². The van der Waals surface area contributed by atoms with E-state index in [9.17, 15) is 0 Å². The second kappa shape index (κ2) is 4.17. The Labute approximate surface area is 88.2 Å². The van der Waals surface area contributed by atoms with Gasteiger partial charge in [0, 0.05) is 12.6 Å². The van der Waals surface area contributed by atoms with E-state index in [2.05, 4.69) is 22.0 Å². The van der Waals surface area contributed by atoms with Crippen LogP contribution in [0.2, 0.25) is 0 Å². The maximum atomic E-state index is 5.60. The van der Waals surface area contributed by atoms with Crippen LogP contribution in [0.25, 0.3) is 0 Å². The maximum absolute atomic E-state index is 5.60. The molecular formula is C9H14ClN3O. The summed E-state index contributed by atoms with van der Waals surface area (Å²) in [7, 11) is 0. The highest BCUT2D eigenvalue weighted by Gasteiger charge is 2.26. The highest BCUT2D eigenvalue weighted by Crippen LogP contribution is 2.26. The first-order valence-corrected chi connectivity index (χ1v) is 5.53. The molecule has 78 valence electrons. The monoisotopic (exact) mass is 215 g/mol. The summed E-state index contributed by atoms with van der Waals surface area (Å²) in [6.45, 7) is 3.20. The topological polar surface area (TPSA) is 42.2 Å². The van der Waals surface area contributed by atoms with Crippen molar-refractivity contribution >= 4 is 17.6 Å². The second-order valence-corrected chi connectivity index (χ2v) is 3.78. The summed E-state index contributed by atoms with van der Waals surface area (Å²) in [5.74, 6) is 0.792. The third-order valence-electron chi connectivity index (χ3n) is 2.66. The standard InChI is InChI=1S/C9H14ClN3O/c1-2-7-4-3-5-13(7)9-12-11-8(6-10)14-9/h7H,2-6H2,1H3. The zero-order chi connectivity index (χ0) is 9.97. The van der Waals surface area contributed by atoms with Gasteiger partial charge in [-0.2, -0.15) is 0 Å². The number of halogens is 1. The molecule has 1 aromatic rings. The number of rotatable bonds is 3. The molecule has 0 spiro atoms.